The summed E-state index contributed by atoms with van der Waals surface area (Å²) in [5.41, 5.74) is 0.0399. The number of carbonyl (C=O) groups excluding carboxylic acids is 1. The largest absolute Gasteiger partial charge is 0.594 e. The van der Waals surface area contributed by atoms with E-state index in [0.717, 1.165) is 18.5 Å². The molecular formula is C18H9Cl2F4N3O4. The van der Waals surface area contributed by atoms with Gasteiger partial charge in [-0.2, -0.15) is 0 Å². The normalized spacial score (nSPS) is 11.2. The van der Waals surface area contributed by atoms with E-state index < -0.39 is 23.8 Å². The predicted octanol–water partition coefficient (Wildman–Crippen LogP) is 5.10. The van der Waals surface area contributed by atoms with Crippen LogP contribution in [0.4, 0.5) is 23.2 Å². The van der Waals surface area contributed by atoms with E-state index in [2.05, 4.69) is 15.2 Å². The number of nitrogens with one attached hydrogen (secondary N) is 1. The minimum absolute atomic E-state index is 0.000474. The second kappa shape index (κ2) is 8.82. The van der Waals surface area contributed by atoms with Gasteiger partial charge in [0.1, 0.15) is 17.7 Å². The van der Waals surface area contributed by atoms with Crippen LogP contribution in [-0.2, 0) is 0 Å². The van der Waals surface area contributed by atoms with Crippen molar-refractivity contribution in [1.82, 2.24) is 5.10 Å². The lowest BCUT2D eigenvalue weighted by Gasteiger charge is -2.14. The molecule has 0 saturated heterocycles. The summed E-state index contributed by atoms with van der Waals surface area (Å²) < 4.78 is 59.8. The quantitative estimate of drug-likeness (QED) is 0.313. The van der Waals surface area contributed by atoms with E-state index in [0.29, 0.717) is 12.1 Å². The third-order valence-corrected chi connectivity index (χ3v) is 4.30. The Morgan fingerprint density at radius 1 is 1.10 bits per heavy atom. The maximum atomic E-state index is 13.9. The third kappa shape index (κ3) is 5.86. The van der Waals surface area contributed by atoms with Gasteiger partial charge in [0.15, 0.2) is 11.6 Å². The highest BCUT2D eigenvalue weighted by Gasteiger charge is 2.32. The van der Waals surface area contributed by atoms with E-state index in [4.69, 9.17) is 27.9 Å². The van der Waals surface area contributed by atoms with Crippen LogP contribution in [0, 0.1) is 11.0 Å². The molecule has 0 spiro atoms. The van der Waals surface area contributed by atoms with Gasteiger partial charge in [0.2, 0.25) is 6.20 Å². The molecule has 0 atom stereocenters. The Labute approximate surface area is 181 Å². The first-order valence-corrected chi connectivity index (χ1v) is 8.86. The van der Waals surface area contributed by atoms with Crippen LogP contribution < -0.4 is 19.6 Å². The second-order valence-corrected chi connectivity index (χ2v) is 6.59. The Morgan fingerprint density at radius 3 is 2.42 bits per heavy atom. The number of ether oxygens (including phenoxy) is 2. The Morgan fingerprint density at radius 2 is 1.81 bits per heavy atom. The van der Waals surface area contributed by atoms with Crippen LogP contribution in [0.3, 0.4) is 0 Å². The van der Waals surface area contributed by atoms with E-state index >= 15 is 0 Å². The Bertz CT molecular complexity index is 1130. The van der Waals surface area contributed by atoms with Gasteiger partial charge in [-0.1, -0.05) is 28.0 Å². The van der Waals surface area contributed by atoms with Gasteiger partial charge < -0.3 is 20.0 Å². The van der Waals surface area contributed by atoms with Gasteiger partial charge in [0.25, 0.3) is 5.91 Å². The fourth-order valence-electron chi connectivity index (χ4n) is 2.29. The number of rotatable bonds is 5. The number of alkyl halides is 3. The number of nitrogens with zero attached hydrogens (tertiary/aromatic N) is 2. The fraction of sp³-hybridized carbons (Fsp3) is 0.0556. The zero-order valence-electron chi connectivity index (χ0n) is 14.9. The molecule has 0 unspecified atom stereocenters. The lowest BCUT2D eigenvalue weighted by atomic mass is 10.1. The number of anilines is 1. The van der Waals surface area contributed by atoms with Crippen LogP contribution in [-0.4, -0.2) is 17.4 Å². The molecule has 13 heteroatoms. The molecule has 0 saturated carbocycles. The molecule has 1 N–H and O–H groups in total. The van der Waals surface area contributed by atoms with E-state index in [1.165, 1.54) is 18.2 Å². The van der Waals surface area contributed by atoms with Crippen molar-refractivity contribution in [3.05, 3.63) is 75.4 Å². The Kier molecular flexibility index (Phi) is 6.37. The highest BCUT2D eigenvalue weighted by molar-refractivity contribution is 6.42. The molecule has 1 aromatic heterocycles. The summed E-state index contributed by atoms with van der Waals surface area (Å²) >= 11 is 11.9. The molecular weight excluding hydrogens is 469 g/mol. The molecule has 3 aromatic rings. The number of aromatic nitrogens is 2. The molecule has 0 aliphatic carbocycles. The van der Waals surface area contributed by atoms with Gasteiger partial charge in [-0.05, 0) is 18.2 Å². The predicted molar refractivity (Wildman–Crippen MR) is 101 cm³/mol. The van der Waals surface area contributed by atoms with Crippen molar-refractivity contribution in [1.29, 1.82) is 0 Å². The van der Waals surface area contributed by atoms with E-state index in [9.17, 15) is 27.6 Å². The lowest BCUT2D eigenvalue weighted by molar-refractivity contribution is -0.669. The highest BCUT2D eigenvalue weighted by Crippen LogP contribution is 2.35. The van der Waals surface area contributed by atoms with Crippen molar-refractivity contribution < 1.29 is 36.7 Å². The summed E-state index contributed by atoms with van der Waals surface area (Å²) in [6.45, 7) is 0. The molecule has 0 bridgehead atoms. The van der Waals surface area contributed by atoms with Crippen molar-refractivity contribution >= 4 is 34.8 Å². The van der Waals surface area contributed by atoms with Gasteiger partial charge in [0.05, 0.1) is 21.3 Å². The van der Waals surface area contributed by atoms with Crippen molar-refractivity contribution in [2.24, 2.45) is 0 Å². The van der Waals surface area contributed by atoms with Crippen LogP contribution >= 0.6 is 23.2 Å². The number of hydrogen-bond donors (Lipinski definition) is 1. The number of benzene rings is 2. The molecule has 0 fully saturated rings. The van der Waals surface area contributed by atoms with Crippen LogP contribution in [0.1, 0.15) is 10.4 Å². The van der Waals surface area contributed by atoms with Crippen molar-refractivity contribution in [3.8, 4) is 17.2 Å². The second-order valence-electron chi connectivity index (χ2n) is 5.78. The number of amides is 1. The van der Waals surface area contributed by atoms with Gasteiger partial charge in [0, 0.05) is 23.3 Å². The summed E-state index contributed by atoms with van der Waals surface area (Å²) in [4.78, 5) is 12.9. The fourth-order valence-corrected chi connectivity index (χ4v) is 2.60. The topological polar surface area (TPSA) is 87.4 Å². The van der Waals surface area contributed by atoms with Crippen LogP contribution in [0.15, 0.2) is 48.8 Å². The van der Waals surface area contributed by atoms with Gasteiger partial charge in [-0.3, -0.25) is 4.79 Å². The molecule has 162 valence electrons. The lowest BCUT2D eigenvalue weighted by Crippen LogP contribution is -2.29. The molecule has 31 heavy (non-hydrogen) atoms. The standard InChI is InChI=1S/C18H9Cl2F4N3O4/c19-12-6-11(17(28)26-9-3-4-27(29)25-8-9)16(7-13(12)20)30-10-1-2-15(14(21)5-10)31-18(22,23)24/h1-8H,(H,26,28). The van der Waals surface area contributed by atoms with Gasteiger partial charge in [-0.25, -0.2) is 4.39 Å². The molecule has 0 radical (unpaired) electrons. The highest BCUT2D eigenvalue weighted by atomic mass is 35.5. The van der Waals surface area contributed by atoms with E-state index in [-0.39, 0.29) is 37.6 Å². The van der Waals surface area contributed by atoms with Crippen molar-refractivity contribution in [2.45, 2.75) is 6.36 Å². The van der Waals surface area contributed by atoms with Crippen LogP contribution in [0.5, 0.6) is 17.2 Å². The number of carbonyl (C=O) groups is 1. The molecule has 0 aliphatic rings. The summed E-state index contributed by atoms with van der Waals surface area (Å²) in [5, 5.41) is 16.9. The van der Waals surface area contributed by atoms with Crippen molar-refractivity contribution in [3.63, 3.8) is 0 Å². The summed E-state index contributed by atoms with van der Waals surface area (Å²) in [6.07, 6.45) is -2.93. The molecule has 1 amide bonds. The SMILES string of the molecule is O=C(Nc1cc[n+]([O-])nc1)c1cc(Cl)c(Cl)cc1Oc1ccc(OC(F)(F)F)c(F)c1. The molecule has 1 heterocycles. The van der Waals surface area contributed by atoms with E-state index in [1.54, 1.807) is 0 Å². The maximum Gasteiger partial charge on any atom is 0.573 e. The zero-order valence-corrected chi connectivity index (χ0v) is 16.4. The zero-order chi connectivity index (χ0) is 22.8. The Balaban J connectivity index is 1.89. The van der Waals surface area contributed by atoms with Crippen LogP contribution in [0.25, 0.3) is 0 Å². The minimum Gasteiger partial charge on any atom is -0.594 e. The van der Waals surface area contributed by atoms with E-state index in [1.807, 2.05) is 0 Å². The molecule has 2 aromatic carbocycles. The number of hydrogen-bond acceptors (Lipinski definition) is 5. The maximum absolute atomic E-state index is 13.9. The summed E-state index contributed by atoms with van der Waals surface area (Å²) in [5.74, 6) is -3.55. The first-order chi connectivity index (χ1) is 14.5. The molecule has 3 rings (SSSR count). The first kappa shape index (κ1) is 22.4. The first-order valence-electron chi connectivity index (χ1n) is 8.11. The average Bonchev–Trinajstić information content (AvgIpc) is 2.67. The third-order valence-electron chi connectivity index (χ3n) is 3.57. The number of halogens is 6. The van der Waals surface area contributed by atoms with Gasteiger partial charge >= 0.3 is 6.36 Å². The smallest absolute Gasteiger partial charge is 0.573 e. The Hall–Kier alpha value is -3.31. The van der Waals surface area contributed by atoms with Crippen LogP contribution in [0.2, 0.25) is 10.0 Å². The molecule has 0 aliphatic heterocycles. The van der Waals surface area contributed by atoms with Gasteiger partial charge in [-0.15, -0.1) is 13.2 Å². The molecule has 7 nitrogen and oxygen atoms in total. The summed E-state index contributed by atoms with van der Waals surface area (Å²) in [6, 6.07) is 5.98. The minimum atomic E-state index is -5.07. The average molecular weight is 478 g/mol. The van der Waals surface area contributed by atoms with Crippen molar-refractivity contribution in [2.75, 3.05) is 5.32 Å². The summed E-state index contributed by atoms with van der Waals surface area (Å²) in [7, 11) is 0. The monoisotopic (exact) mass is 477 g/mol.